The van der Waals surface area contributed by atoms with Crippen LogP contribution in [0.25, 0.3) is 16.8 Å². The zero-order chi connectivity index (χ0) is 14.8. The summed E-state index contributed by atoms with van der Waals surface area (Å²) in [5.74, 6) is 0.520. The molecule has 0 bridgehead atoms. The Kier molecular flexibility index (Phi) is 3.58. The fraction of sp³-hybridized carbons (Fsp3) is 0.125. The lowest BCUT2D eigenvalue weighted by atomic mass is 10.0. The first-order valence-electron chi connectivity index (χ1n) is 6.67. The van der Waals surface area contributed by atoms with Gasteiger partial charge in [0.25, 0.3) is 5.91 Å². The predicted molar refractivity (Wildman–Crippen MR) is 87.0 cm³/mol. The molecular formula is C16H14N2O2S. The van der Waals surface area contributed by atoms with Crippen LogP contribution in [0.4, 0.5) is 0 Å². The van der Waals surface area contributed by atoms with Gasteiger partial charge in [-0.3, -0.25) is 10.1 Å². The SMILES string of the molecule is CCOc1ccc2ccccc2c1/C=C1\NC(=S)NC1=O. The van der Waals surface area contributed by atoms with Crippen LogP contribution in [0.15, 0.2) is 42.1 Å². The summed E-state index contributed by atoms with van der Waals surface area (Å²) in [5.41, 5.74) is 1.30. The van der Waals surface area contributed by atoms with Crippen molar-refractivity contribution in [3.05, 3.63) is 47.7 Å². The minimum absolute atomic E-state index is 0.226. The third-order valence-electron chi connectivity index (χ3n) is 3.24. The third kappa shape index (κ3) is 2.60. The van der Waals surface area contributed by atoms with Gasteiger partial charge in [0.15, 0.2) is 5.11 Å². The molecule has 1 aliphatic heterocycles. The number of amides is 1. The Labute approximate surface area is 127 Å². The fourth-order valence-electron chi connectivity index (χ4n) is 2.33. The highest BCUT2D eigenvalue weighted by Gasteiger charge is 2.21. The van der Waals surface area contributed by atoms with Crippen molar-refractivity contribution in [3.8, 4) is 5.75 Å². The summed E-state index contributed by atoms with van der Waals surface area (Å²) >= 11 is 4.95. The quantitative estimate of drug-likeness (QED) is 0.675. The van der Waals surface area contributed by atoms with Crippen LogP contribution in [-0.2, 0) is 4.79 Å². The van der Waals surface area contributed by atoms with Crippen molar-refractivity contribution < 1.29 is 9.53 Å². The van der Waals surface area contributed by atoms with Crippen molar-refractivity contribution in [1.29, 1.82) is 0 Å². The molecule has 2 N–H and O–H groups in total. The van der Waals surface area contributed by atoms with Crippen LogP contribution in [-0.4, -0.2) is 17.6 Å². The van der Waals surface area contributed by atoms with E-state index in [1.807, 2.05) is 43.3 Å². The van der Waals surface area contributed by atoms with E-state index in [4.69, 9.17) is 17.0 Å². The number of hydrogen-bond donors (Lipinski definition) is 2. The van der Waals surface area contributed by atoms with Crippen molar-refractivity contribution in [2.45, 2.75) is 6.92 Å². The van der Waals surface area contributed by atoms with Gasteiger partial charge in [0.1, 0.15) is 11.4 Å². The molecule has 1 heterocycles. The Morgan fingerprint density at radius 3 is 2.71 bits per heavy atom. The number of thiocarbonyl (C=S) groups is 1. The van der Waals surface area contributed by atoms with Gasteiger partial charge in [-0.15, -0.1) is 0 Å². The zero-order valence-corrected chi connectivity index (χ0v) is 12.3. The molecule has 1 fully saturated rings. The van der Waals surface area contributed by atoms with E-state index in [2.05, 4.69) is 10.6 Å². The topological polar surface area (TPSA) is 50.4 Å². The molecule has 0 radical (unpaired) electrons. The van der Waals surface area contributed by atoms with E-state index >= 15 is 0 Å². The van der Waals surface area contributed by atoms with E-state index in [0.717, 1.165) is 22.1 Å². The van der Waals surface area contributed by atoms with Crippen LogP contribution in [0.5, 0.6) is 5.75 Å². The van der Waals surface area contributed by atoms with Gasteiger partial charge >= 0.3 is 0 Å². The highest BCUT2D eigenvalue weighted by molar-refractivity contribution is 7.80. The Hall–Kier alpha value is -2.40. The predicted octanol–water partition coefficient (Wildman–Crippen LogP) is 2.58. The highest BCUT2D eigenvalue weighted by atomic mass is 32.1. The summed E-state index contributed by atoms with van der Waals surface area (Å²) < 4.78 is 5.68. The minimum Gasteiger partial charge on any atom is -0.493 e. The van der Waals surface area contributed by atoms with E-state index in [9.17, 15) is 4.79 Å². The maximum atomic E-state index is 11.8. The minimum atomic E-state index is -0.226. The molecular weight excluding hydrogens is 284 g/mol. The molecule has 0 unspecified atom stereocenters. The van der Waals surface area contributed by atoms with Crippen molar-refractivity contribution in [3.63, 3.8) is 0 Å². The number of nitrogens with one attached hydrogen (secondary N) is 2. The average Bonchev–Trinajstić information content (AvgIpc) is 2.79. The van der Waals surface area contributed by atoms with Gasteiger partial charge in [0.05, 0.1) is 6.61 Å². The van der Waals surface area contributed by atoms with E-state index in [1.54, 1.807) is 6.08 Å². The largest absolute Gasteiger partial charge is 0.493 e. The van der Waals surface area contributed by atoms with Crippen LogP contribution in [0.1, 0.15) is 12.5 Å². The van der Waals surface area contributed by atoms with Crippen LogP contribution in [0.3, 0.4) is 0 Å². The summed E-state index contributed by atoms with van der Waals surface area (Å²) in [6.07, 6.45) is 1.78. The van der Waals surface area contributed by atoms with Crippen LogP contribution in [0, 0.1) is 0 Å². The standard InChI is InChI=1S/C16H14N2O2S/c1-2-20-14-8-7-10-5-3-4-6-11(10)12(14)9-13-15(19)18-16(21)17-13/h3-9H,2H2,1H3,(H2,17,18,19,21)/b13-9-. The fourth-order valence-corrected chi connectivity index (χ4v) is 2.54. The lowest BCUT2D eigenvalue weighted by Crippen LogP contribution is -2.21. The zero-order valence-electron chi connectivity index (χ0n) is 11.5. The van der Waals surface area contributed by atoms with Gasteiger partial charge in [-0.05, 0) is 42.1 Å². The molecule has 0 atom stereocenters. The van der Waals surface area contributed by atoms with Crippen molar-refractivity contribution in [1.82, 2.24) is 10.6 Å². The van der Waals surface area contributed by atoms with Gasteiger partial charge in [-0.2, -0.15) is 0 Å². The molecule has 0 saturated carbocycles. The molecule has 2 aromatic rings. The van der Waals surface area contributed by atoms with E-state index in [1.165, 1.54) is 0 Å². The Morgan fingerprint density at radius 2 is 2.00 bits per heavy atom. The first-order chi connectivity index (χ1) is 10.2. The summed E-state index contributed by atoms with van der Waals surface area (Å²) in [7, 11) is 0. The van der Waals surface area contributed by atoms with Crippen LogP contribution < -0.4 is 15.4 Å². The van der Waals surface area contributed by atoms with Gasteiger partial charge in [0, 0.05) is 5.56 Å². The first-order valence-corrected chi connectivity index (χ1v) is 7.08. The molecule has 0 aliphatic carbocycles. The summed E-state index contributed by atoms with van der Waals surface area (Å²) in [5, 5.41) is 7.87. The van der Waals surface area contributed by atoms with Crippen molar-refractivity contribution >= 4 is 40.1 Å². The van der Waals surface area contributed by atoms with E-state index in [0.29, 0.717) is 17.4 Å². The number of hydrogen-bond acceptors (Lipinski definition) is 3. The van der Waals surface area contributed by atoms with Crippen LogP contribution >= 0.6 is 12.2 Å². The maximum Gasteiger partial charge on any atom is 0.273 e. The first kappa shape index (κ1) is 13.6. The Bertz CT molecular complexity index is 768. The molecule has 106 valence electrons. The molecule has 1 aliphatic rings. The number of rotatable bonds is 3. The lowest BCUT2D eigenvalue weighted by molar-refractivity contribution is -0.115. The number of carbonyl (C=O) groups is 1. The smallest absolute Gasteiger partial charge is 0.273 e. The highest BCUT2D eigenvalue weighted by Crippen LogP contribution is 2.30. The van der Waals surface area contributed by atoms with Gasteiger partial charge in [-0.25, -0.2) is 0 Å². The number of fused-ring (bicyclic) bond motifs is 1. The molecule has 4 nitrogen and oxygen atoms in total. The maximum absolute atomic E-state index is 11.8. The normalized spacial score (nSPS) is 16.1. The summed E-state index contributed by atoms with van der Waals surface area (Å²) in [6.45, 7) is 2.49. The number of carbonyl (C=O) groups excluding carboxylic acids is 1. The second-order valence-electron chi connectivity index (χ2n) is 4.60. The number of ether oxygens (including phenoxy) is 1. The second kappa shape index (κ2) is 5.54. The van der Waals surface area contributed by atoms with Crippen molar-refractivity contribution in [2.75, 3.05) is 6.61 Å². The molecule has 5 heteroatoms. The third-order valence-corrected chi connectivity index (χ3v) is 3.44. The molecule has 3 rings (SSSR count). The summed E-state index contributed by atoms with van der Waals surface area (Å²) in [4.78, 5) is 11.8. The van der Waals surface area contributed by atoms with Crippen LogP contribution in [0.2, 0.25) is 0 Å². The van der Waals surface area contributed by atoms with Gasteiger partial charge < -0.3 is 10.1 Å². The summed E-state index contributed by atoms with van der Waals surface area (Å²) in [6, 6.07) is 11.9. The molecule has 1 saturated heterocycles. The average molecular weight is 298 g/mol. The lowest BCUT2D eigenvalue weighted by Gasteiger charge is -2.11. The molecule has 2 aromatic carbocycles. The van der Waals surface area contributed by atoms with E-state index < -0.39 is 0 Å². The molecule has 1 amide bonds. The van der Waals surface area contributed by atoms with E-state index in [-0.39, 0.29) is 5.91 Å². The second-order valence-corrected chi connectivity index (χ2v) is 5.01. The monoisotopic (exact) mass is 298 g/mol. The van der Waals surface area contributed by atoms with Gasteiger partial charge in [0.2, 0.25) is 0 Å². The molecule has 21 heavy (non-hydrogen) atoms. The molecule has 0 spiro atoms. The van der Waals surface area contributed by atoms with Gasteiger partial charge in [-0.1, -0.05) is 30.3 Å². The number of benzene rings is 2. The Balaban J connectivity index is 2.19. The van der Waals surface area contributed by atoms with Crippen molar-refractivity contribution in [2.24, 2.45) is 0 Å². The molecule has 0 aromatic heterocycles. The Morgan fingerprint density at radius 1 is 1.19 bits per heavy atom.